The Morgan fingerprint density at radius 2 is 1.40 bits per heavy atom. The summed E-state index contributed by atoms with van der Waals surface area (Å²) in [5.41, 5.74) is 10.0. The Hall–Kier alpha value is -3.99. The molecule has 0 saturated heterocycles. The second-order valence-corrected chi connectivity index (χ2v) is 7.29. The Morgan fingerprint density at radius 3 is 2.13 bits per heavy atom. The predicted octanol–water partition coefficient (Wildman–Crippen LogP) is 5.65. The van der Waals surface area contributed by atoms with Gasteiger partial charge in [-0.3, -0.25) is 5.43 Å². The topological polar surface area (TPSA) is 55.6 Å². The number of anilines is 1. The molecular weight excluding hydrogens is 370 g/mol. The monoisotopic (exact) mass is 391 g/mol. The first-order chi connectivity index (χ1) is 14.7. The van der Waals surface area contributed by atoms with E-state index in [2.05, 4.69) is 30.5 Å². The van der Waals surface area contributed by atoms with E-state index < -0.39 is 0 Å². The van der Waals surface area contributed by atoms with Crippen molar-refractivity contribution in [3.05, 3.63) is 96.2 Å². The number of para-hydroxylation sites is 1. The normalized spacial score (nSPS) is 11.0. The van der Waals surface area contributed by atoms with Crippen molar-refractivity contribution < 1.29 is 0 Å². The van der Waals surface area contributed by atoms with Crippen molar-refractivity contribution in [3.63, 3.8) is 0 Å². The molecule has 0 radical (unpaired) electrons. The van der Waals surface area contributed by atoms with Gasteiger partial charge in [-0.2, -0.15) is 0 Å². The number of aromatic nitrogens is 4. The first kappa shape index (κ1) is 18.1. The third kappa shape index (κ3) is 3.31. The number of nitrogens with one attached hydrogen (secondary N) is 1. The Balaban J connectivity index is 1.76. The van der Waals surface area contributed by atoms with E-state index >= 15 is 0 Å². The molecule has 0 amide bonds. The number of nitrogens with zero attached hydrogens (tertiary/aromatic N) is 4. The first-order valence-corrected chi connectivity index (χ1v) is 9.91. The molecule has 0 aliphatic rings. The number of aryl methyl sites for hydroxylation is 2. The number of imidazole rings is 1. The van der Waals surface area contributed by atoms with Crippen LogP contribution in [-0.2, 0) is 0 Å². The zero-order valence-electron chi connectivity index (χ0n) is 16.9. The van der Waals surface area contributed by atoms with Gasteiger partial charge in [-0.15, -0.1) is 0 Å². The maximum absolute atomic E-state index is 4.93. The van der Waals surface area contributed by atoms with E-state index in [1.54, 1.807) is 0 Å². The number of hydrogen-bond acceptors (Lipinski definition) is 4. The zero-order chi connectivity index (χ0) is 20.5. The predicted molar refractivity (Wildman–Crippen MR) is 121 cm³/mol. The highest BCUT2D eigenvalue weighted by atomic mass is 15.5. The van der Waals surface area contributed by atoms with Crippen molar-refractivity contribution >= 4 is 16.9 Å². The summed E-state index contributed by atoms with van der Waals surface area (Å²) in [4.78, 5) is 14.6. The lowest BCUT2D eigenvalue weighted by Crippen LogP contribution is -2.12. The van der Waals surface area contributed by atoms with Crippen molar-refractivity contribution in [3.8, 4) is 22.8 Å². The quantitative estimate of drug-likeness (QED) is 0.430. The van der Waals surface area contributed by atoms with Crippen molar-refractivity contribution in [1.29, 1.82) is 0 Å². The van der Waals surface area contributed by atoms with Gasteiger partial charge in [-0.1, -0.05) is 72.3 Å². The molecule has 1 N–H and O–H groups in total. The van der Waals surface area contributed by atoms with Crippen LogP contribution in [0.3, 0.4) is 0 Å². The molecule has 0 saturated carbocycles. The minimum absolute atomic E-state index is 0.687. The molecule has 5 nitrogen and oxygen atoms in total. The van der Waals surface area contributed by atoms with Gasteiger partial charge in [0, 0.05) is 11.1 Å². The average molecular weight is 391 g/mol. The Bertz CT molecular complexity index is 1320. The average Bonchev–Trinajstić information content (AvgIpc) is 3.14. The third-order valence-electron chi connectivity index (χ3n) is 5.00. The fourth-order valence-electron chi connectivity index (χ4n) is 3.54. The lowest BCUT2D eigenvalue weighted by molar-refractivity contribution is 0.977. The van der Waals surface area contributed by atoms with Crippen LogP contribution in [0.4, 0.5) is 5.69 Å². The Labute approximate surface area is 175 Å². The second-order valence-electron chi connectivity index (χ2n) is 7.29. The summed E-state index contributed by atoms with van der Waals surface area (Å²) >= 11 is 0. The molecule has 0 unspecified atom stereocenters. The van der Waals surface area contributed by atoms with Crippen LogP contribution in [0.1, 0.15) is 11.3 Å². The first-order valence-electron chi connectivity index (χ1n) is 9.91. The van der Waals surface area contributed by atoms with Crippen molar-refractivity contribution in [2.45, 2.75) is 13.8 Å². The van der Waals surface area contributed by atoms with Crippen molar-refractivity contribution in [2.75, 3.05) is 5.43 Å². The van der Waals surface area contributed by atoms with Crippen LogP contribution < -0.4 is 5.43 Å². The summed E-state index contributed by atoms with van der Waals surface area (Å²) in [6.07, 6.45) is 0. The summed E-state index contributed by atoms with van der Waals surface area (Å²) in [5, 5.41) is 0. The number of rotatable bonds is 4. The molecule has 0 fully saturated rings. The molecule has 0 bridgehead atoms. The zero-order valence-corrected chi connectivity index (χ0v) is 16.9. The van der Waals surface area contributed by atoms with E-state index in [0.717, 1.165) is 39.5 Å². The highest BCUT2D eigenvalue weighted by molar-refractivity contribution is 5.82. The second kappa shape index (κ2) is 7.44. The summed E-state index contributed by atoms with van der Waals surface area (Å²) < 4.78 is 1.96. The van der Waals surface area contributed by atoms with Gasteiger partial charge >= 0.3 is 0 Å². The van der Waals surface area contributed by atoms with Gasteiger partial charge in [0.25, 0.3) is 0 Å². The van der Waals surface area contributed by atoms with E-state index in [9.17, 15) is 0 Å². The highest BCUT2D eigenvalue weighted by Crippen LogP contribution is 2.28. The molecule has 5 aromatic rings. The van der Waals surface area contributed by atoms with Crippen LogP contribution in [0.5, 0.6) is 0 Å². The van der Waals surface area contributed by atoms with E-state index in [-0.39, 0.29) is 0 Å². The van der Waals surface area contributed by atoms with Crippen LogP contribution in [0.2, 0.25) is 0 Å². The van der Waals surface area contributed by atoms with E-state index in [0.29, 0.717) is 5.82 Å². The van der Waals surface area contributed by atoms with E-state index in [1.165, 1.54) is 5.56 Å². The van der Waals surface area contributed by atoms with Crippen LogP contribution >= 0.6 is 0 Å². The minimum atomic E-state index is 0.687. The molecule has 30 heavy (non-hydrogen) atoms. The molecule has 0 aliphatic carbocycles. The van der Waals surface area contributed by atoms with Crippen LogP contribution in [0.25, 0.3) is 33.9 Å². The van der Waals surface area contributed by atoms with Gasteiger partial charge in [0.15, 0.2) is 17.3 Å². The molecular formula is C25H21N5. The van der Waals surface area contributed by atoms with Gasteiger partial charge in [-0.05, 0) is 32.0 Å². The molecule has 2 aromatic heterocycles. The molecule has 146 valence electrons. The molecule has 0 aliphatic heterocycles. The van der Waals surface area contributed by atoms with Gasteiger partial charge in [0.2, 0.25) is 0 Å². The lowest BCUT2D eigenvalue weighted by atomic mass is 10.1. The number of benzene rings is 3. The summed E-state index contributed by atoms with van der Waals surface area (Å²) in [6.45, 7) is 4.07. The lowest BCUT2D eigenvalue weighted by Gasteiger charge is -2.12. The van der Waals surface area contributed by atoms with Crippen LogP contribution in [0.15, 0.2) is 84.9 Å². The van der Waals surface area contributed by atoms with Crippen LogP contribution in [0, 0.1) is 13.8 Å². The van der Waals surface area contributed by atoms with Gasteiger partial charge in [0.1, 0.15) is 5.52 Å². The van der Waals surface area contributed by atoms with Crippen molar-refractivity contribution in [1.82, 2.24) is 19.6 Å². The smallest absolute Gasteiger partial charge is 0.183 e. The summed E-state index contributed by atoms with van der Waals surface area (Å²) in [5.74, 6) is 1.49. The fraction of sp³-hybridized carbons (Fsp3) is 0.0800. The molecule has 5 rings (SSSR count). The number of hydrogen-bond donors (Lipinski definition) is 1. The Morgan fingerprint density at radius 1 is 0.700 bits per heavy atom. The molecule has 0 spiro atoms. The van der Waals surface area contributed by atoms with Gasteiger partial charge in [-0.25, -0.2) is 19.6 Å². The van der Waals surface area contributed by atoms with Gasteiger partial charge < -0.3 is 0 Å². The maximum atomic E-state index is 4.93. The number of fused-ring (bicyclic) bond motifs is 1. The molecule has 0 atom stereocenters. The largest absolute Gasteiger partial charge is 0.291 e. The van der Waals surface area contributed by atoms with E-state index in [4.69, 9.17) is 15.0 Å². The molecule has 5 heteroatoms. The SMILES string of the molecule is Cc1cccc(-c2nc3c(C)nc(-c4ccccc4)nc3n2Nc2ccccc2)c1. The van der Waals surface area contributed by atoms with Crippen LogP contribution in [-0.4, -0.2) is 19.6 Å². The standard InChI is InChI=1S/C25H21N5/c1-17-10-9-13-20(16-17)24-27-22-18(2)26-23(19-11-5-3-6-12-19)28-25(22)30(24)29-21-14-7-4-8-15-21/h3-16,29H,1-2H3. The van der Waals surface area contributed by atoms with Crippen molar-refractivity contribution in [2.24, 2.45) is 0 Å². The maximum Gasteiger partial charge on any atom is 0.183 e. The fourth-order valence-corrected chi connectivity index (χ4v) is 3.54. The molecule has 2 heterocycles. The summed E-state index contributed by atoms with van der Waals surface area (Å²) in [6, 6.07) is 28.4. The Kier molecular flexibility index (Phi) is 4.48. The molecule has 3 aromatic carbocycles. The third-order valence-corrected chi connectivity index (χ3v) is 5.00. The summed E-state index contributed by atoms with van der Waals surface area (Å²) in [7, 11) is 0. The minimum Gasteiger partial charge on any atom is -0.291 e. The van der Waals surface area contributed by atoms with E-state index in [1.807, 2.05) is 78.3 Å². The highest BCUT2D eigenvalue weighted by Gasteiger charge is 2.18. The van der Waals surface area contributed by atoms with Gasteiger partial charge in [0.05, 0.1) is 11.4 Å².